The van der Waals surface area contributed by atoms with Gasteiger partial charge in [-0.05, 0) is 42.2 Å². The largest absolute Gasteiger partial charge is 0.505 e. The molecule has 1 aromatic carbocycles. The molecule has 1 fully saturated rings. The molecule has 1 aliphatic carbocycles. The fraction of sp³-hybridized carbons (Fsp3) is 0.346. The lowest BCUT2D eigenvalue weighted by atomic mass is 10.1. The van der Waals surface area contributed by atoms with Crippen LogP contribution in [-0.4, -0.2) is 59.2 Å². The Hall–Kier alpha value is -4.04. The summed E-state index contributed by atoms with van der Waals surface area (Å²) in [6, 6.07) is 4.74. The summed E-state index contributed by atoms with van der Waals surface area (Å²) in [6.45, 7) is 7.08. The van der Waals surface area contributed by atoms with E-state index in [-0.39, 0.29) is 41.4 Å². The Morgan fingerprint density at radius 2 is 1.78 bits per heavy atom. The average Bonchev–Trinajstić information content (AvgIpc) is 3.38. The number of hydrogen-bond acceptors (Lipinski definition) is 7. The molecule has 1 amide bonds. The smallest absolute Gasteiger partial charge is 0.269 e. The van der Waals surface area contributed by atoms with Gasteiger partial charge in [0.15, 0.2) is 28.9 Å². The molecule has 11 heteroatoms. The van der Waals surface area contributed by atoms with E-state index in [2.05, 4.69) is 53.0 Å². The van der Waals surface area contributed by atoms with E-state index in [4.69, 9.17) is 9.47 Å². The van der Waals surface area contributed by atoms with Gasteiger partial charge in [0.2, 0.25) is 6.79 Å². The Morgan fingerprint density at radius 3 is 2.46 bits per heavy atom. The van der Waals surface area contributed by atoms with Crippen molar-refractivity contribution in [2.75, 3.05) is 32.7 Å². The Kier molecular flexibility index (Phi) is 11.0. The van der Waals surface area contributed by atoms with E-state index in [1.807, 2.05) is 18.2 Å². The van der Waals surface area contributed by atoms with Gasteiger partial charge in [-0.1, -0.05) is 32.9 Å². The van der Waals surface area contributed by atoms with Crippen LogP contribution in [0.15, 0.2) is 62.3 Å². The molecule has 1 unspecified atom stereocenters. The number of nitrogens with one attached hydrogen (secondary N) is 2. The number of nitrogens with zero attached hydrogens (tertiary/aromatic N) is 3. The van der Waals surface area contributed by atoms with Crippen LogP contribution in [0.2, 0.25) is 0 Å². The number of phenols is 1. The van der Waals surface area contributed by atoms with Crippen LogP contribution in [0.1, 0.15) is 37.6 Å². The number of allylic oxidation sites excluding steroid dienone is 2. The van der Waals surface area contributed by atoms with Crippen molar-refractivity contribution in [3.05, 3.63) is 59.1 Å². The van der Waals surface area contributed by atoms with Gasteiger partial charge in [0, 0.05) is 20.6 Å². The van der Waals surface area contributed by atoms with Crippen molar-refractivity contribution in [3.63, 3.8) is 0 Å². The van der Waals surface area contributed by atoms with Gasteiger partial charge in [-0.2, -0.15) is 0 Å². The first-order valence-electron chi connectivity index (χ1n) is 11.5. The summed E-state index contributed by atoms with van der Waals surface area (Å²) in [4.78, 5) is 13.6. The first kappa shape index (κ1) is 29.2. The van der Waals surface area contributed by atoms with Crippen molar-refractivity contribution < 1.29 is 23.6 Å². The fourth-order valence-electron chi connectivity index (χ4n) is 3.07. The van der Waals surface area contributed by atoms with Gasteiger partial charge < -0.3 is 30.1 Å². The Labute approximate surface area is 220 Å². The number of benzene rings is 1. The third-order valence-corrected chi connectivity index (χ3v) is 5.30. The van der Waals surface area contributed by atoms with Crippen LogP contribution in [0.4, 0.5) is 5.69 Å². The van der Waals surface area contributed by atoms with E-state index in [1.165, 1.54) is 11.0 Å². The van der Waals surface area contributed by atoms with E-state index in [1.54, 1.807) is 26.2 Å². The summed E-state index contributed by atoms with van der Waals surface area (Å²) in [5.74, 6) is 2.13. The summed E-state index contributed by atoms with van der Waals surface area (Å²) < 4.78 is 30.7. The number of terminal acetylenes is 1. The molecule has 0 aromatic heterocycles. The third-order valence-electron chi connectivity index (χ3n) is 4.62. The summed E-state index contributed by atoms with van der Waals surface area (Å²) in [7, 11) is 3.19. The topological polar surface area (TPSA) is 125 Å². The van der Waals surface area contributed by atoms with Crippen LogP contribution in [0.5, 0.6) is 5.75 Å². The first-order chi connectivity index (χ1) is 17.7. The molecule has 198 valence electrons. The average molecular weight is 528 g/mol. The zero-order valence-electron chi connectivity index (χ0n) is 21.6. The van der Waals surface area contributed by atoms with Crippen molar-refractivity contribution >= 4 is 34.4 Å². The van der Waals surface area contributed by atoms with Crippen molar-refractivity contribution in [1.29, 1.82) is 0 Å². The molecule has 3 aliphatic rings. The van der Waals surface area contributed by atoms with Gasteiger partial charge >= 0.3 is 0 Å². The van der Waals surface area contributed by atoms with Gasteiger partial charge in [-0.15, -0.1) is 21.6 Å². The highest BCUT2D eigenvalue weighted by molar-refractivity contribution is 7.83. The molecule has 2 heterocycles. The molecule has 37 heavy (non-hydrogen) atoms. The van der Waals surface area contributed by atoms with Crippen LogP contribution in [-0.2, 0) is 20.6 Å². The molecule has 0 spiro atoms. The second-order valence-corrected chi connectivity index (χ2v) is 9.55. The highest BCUT2D eigenvalue weighted by atomic mass is 32.2. The Bertz CT molecular complexity index is 1190. The minimum Gasteiger partial charge on any atom is -0.505 e. The molecule has 3 N–H and O–H groups in total. The molecule has 4 rings (SSSR count). The Balaban J connectivity index is 0.000000733. The molecule has 2 aliphatic heterocycles. The van der Waals surface area contributed by atoms with E-state index in [9.17, 15) is 14.1 Å². The van der Waals surface area contributed by atoms with Crippen molar-refractivity contribution in [2.24, 2.45) is 14.7 Å². The predicted octanol–water partition coefficient (Wildman–Crippen LogP) is 3.50. The highest BCUT2D eigenvalue weighted by Gasteiger charge is 2.23. The maximum absolute atomic E-state index is 12.2. The Morgan fingerprint density at radius 1 is 1.14 bits per heavy atom. The monoisotopic (exact) mass is 527 g/mol. The van der Waals surface area contributed by atoms with Gasteiger partial charge in [0.1, 0.15) is 0 Å². The fourth-order valence-corrected chi connectivity index (χ4v) is 3.71. The molecule has 1 saturated heterocycles. The third kappa shape index (κ3) is 8.25. The highest BCUT2D eigenvalue weighted by Crippen LogP contribution is 2.29. The van der Waals surface area contributed by atoms with E-state index < -0.39 is 11.2 Å². The number of fused-ring (bicyclic) bond motifs is 1. The maximum atomic E-state index is 12.2. The predicted molar refractivity (Wildman–Crippen MR) is 147 cm³/mol. The summed E-state index contributed by atoms with van der Waals surface area (Å²) >= 11 is -1.79. The van der Waals surface area contributed by atoms with Gasteiger partial charge in [-0.25, -0.2) is 4.21 Å². The normalized spacial score (nSPS) is 17.3. The second-order valence-electron chi connectivity index (χ2n) is 8.72. The number of phenolic OH excluding ortho intramolecular Hbond substituents is 1. The molecule has 10 nitrogen and oxygen atoms in total. The standard InChI is InChI=1S/C20H21N5O5S.C4H10.C2H2/c1-25(2)20(27)13-6-4-7-14(17(13)26)22-19-18(23-31(28)24-19)21-10-12-5-3-8-15-16(9-12)30-11-29-15;1-4(2)3;1-2/h4-9,26H,3,10-11H2,1-2H3,(H,21,23)(H,22,24);4H,1-3H3;1-2H. The molecule has 0 radical (unpaired) electrons. The second kappa shape index (κ2) is 13.9. The SMILES string of the molecule is C#C.CC(C)C.CN(C)C(=O)c1cccc(NC2=NS(=O)N=C2NCC2=CCC=C3OCOC3=C2)c1O. The van der Waals surface area contributed by atoms with Gasteiger partial charge in [-0.3, -0.25) is 4.79 Å². The van der Waals surface area contributed by atoms with Gasteiger partial charge in [0.25, 0.3) is 17.1 Å². The number of anilines is 1. The van der Waals surface area contributed by atoms with Crippen molar-refractivity contribution in [2.45, 2.75) is 27.2 Å². The van der Waals surface area contributed by atoms with Crippen LogP contribution < -0.4 is 10.6 Å². The lowest BCUT2D eigenvalue weighted by Gasteiger charge is -2.15. The number of amidine groups is 2. The molecular weight excluding hydrogens is 494 g/mol. The number of carbonyl (C=O) groups is 1. The summed E-state index contributed by atoms with van der Waals surface area (Å²) in [6.07, 6.45) is 14.5. The van der Waals surface area contributed by atoms with E-state index in [0.717, 1.165) is 17.3 Å². The molecular formula is C26H33N5O5S. The number of ether oxygens (including phenoxy) is 2. The van der Waals surface area contributed by atoms with Crippen LogP contribution in [0, 0.1) is 18.8 Å². The maximum Gasteiger partial charge on any atom is 0.269 e. The zero-order valence-corrected chi connectivity index (χ0v) is 22.5. The van der Waals surface area contributed by atoms with Crippen LogP contribution >= 0.6 is 0 Å². The number of carbonyl (C=O) groups excluding carboxylic acids is 1. The number of rotatable bonds is 4. The van der Waals surface area contributed by atoms with E-state index >= 15 is 0 Å². The quantitative estimate of drug-likeness (QED) is 0.404. The van der Waals surface area contributed by atoms with E-state index in [0.29, 0.717) is 18.7 Å². The number of aromatic hydroxyl groups is 1. The van der Waals surface area contributed by atoms with Gasteiger partial charge in [0.05, 0.1) is 11.3 Å². The number of para-hydroxylation sites is 1. The minimum absolute atomic E-state index is 0.137. The molecule has 1 aromatic rings. The number of amides is 1. The van der Waals surface area contributed by atoms with Crippen molar-refractivity contribution in [1.82, 2.24) is 10.2 Å². The first-order valence-corrected chi connectivity index (χ1v) is 12.6. The molecule has 1 atom stereocenters. The van der Waals surface area contributed by atoms with Crippen LogP contribution in [0.3, 0.4) is 0 Å². The molecule has 0 saturated carbocycles. The molecule has 0 bridgehead atoms. The lowest BCUT2D eigenvalue weighted by molar-refractivity contribution is 0.0824. The summed E-state index contributed by atoms with van der Waals surface area (Å²) in [5.41, 5.74) is 1.33. The number of hydrogen-bond donors (Lipinski definition) is 3. The van der Waals surface area contributed by atoms with Crippen LogP contribution in [0.25, 0.3) is 0 Å². The van der Waals surface area contributed by atoms with Crippen molar-refractivity contribution in [3.8, 4) is 18.6 Å². The zero-order chi connectivity index (χ0) is 27.5. The minimum atomic E-state index is -1.79. The summed E-state index contributed by atoms with van der Waals surface area (Å²) in [5, 5.41) is 16.5. The lowest BCUT2D eigenvalue weighted by Crippen LogP contribution is -2.35.